The number of rotatable bonds is 4. The largest absolute Gasteiger partial charge is 0.464 e. The lowest BCUT2D eigenvalue weighted by atomic mass is 10.2. The van der Waals surface area contributed by atoms with Gasteiger partial charge < -0.3 is 14.6 Å². The molecule has 22 heavy (non-hydrogen) atoms. The summed E-state index contributed by atoms with van der Waals surface area (Å²) in [6, 6.07) is 7.25. The Balaban J connectivity index is 1.77. The molecule has 2 aromatic rings. The molecule has 0 aromatic carbocycles. The maximum absolute atomic E-state index is 12.6. The Kier molecular flexibility index (Phi) is 4.13. The second-order valence-corrected chi connectivity index (χ2v) is 5.71. The zero-order valence-corrected chi connectivity index (χ0v) is 13.0. The van der Waals surface area contributed by atoms with Gasteiger partial charge >= 0.3 is 0 Å². The average Bonchev–Trinajstić information content (AvgIpc) is 3.18. The minimum atomic E-state index is -0.173. The lowest BCUT2D eigenvalue weighted by Gasteiger charge is -2.20. The van der Waals surface area contributed by atoms with E-state index in [4.69, 9.17) is 4.42 Å². The molecule has 3 rings (SSSR count). The molecule has 0 aliphatic carbocycles. The van der Waals surface area contributed by atoms with Gasteiger partial charge in [0.1, 0.15) is 17.3 Å². The quantitative estimate of drug-likeness (QED) is 0.942. The Morgan fingerprint density at radius 3 is 2.77 bits per heavy atom. The highest BCUT2D eigenvalue weighted by Crippen LogP contribution is 2.23. The van der Waals surface area contributed by atoms with Crippen molar-refractivity contribution in [1.82, 2.24) is 10.3 Å². The Morgan fingerprint density at radius 2 is 2.09 bits per heavy atom. The molecule has 1 fully saturated rings. The van der Waals surface area contributed by atoms with Gasteiger partial charge in [-0.2, -0.15) is 0 Å². The van der Waals surface area contributed by atoms with Crippen molar-refractivity contribution in [2.24, 2.45) is 0 Å². The minimum absolute atomic E-state index is 0.114. The van der Waals surface area contributed by atoms with Crippen molar-refractivity contribution in [3.05, 3.63) is 47.5 Å². The van der Waals surface area contributed by atoms with Gasteiger partial charge in [0.25, 0.3) is 5.91 Å². The Bertz CT molecular complexity index is 659. The number of hydrogen-bond acceptors (Lipinski definition) is 4. The Hall–Kier alpha value is -2.30. The average molecular weight is 299 g/mol. The summed E-state index contributed by atoms with van der Waals surface area (Å²) in [5, 5.41) is 2.99. The van der Waals surface area contributed by atoms with E-state index in [1.54, 1.807) is 12.3 Å². The van der Waals surface area contributed by atoms with Crippen molar-refractivity contribution in [2.75, 3.05) is 18.0 Å². The van der Waals surface area contributed by atoms with Crippen LogP contribution in [0.3, 0.4) is 0 Å². The number of carbonyl (C=O) groups is 1. The van der Waals surface area contributed by atoms with E-state index in [1.165, 1.54) is 0 Å². The first-order valence-electron chi connectivity index (χ1n) is 7.72. The van der Waals surface area contributed by atoms with E-state index in [0.29, 0.717) is 5.56 Å². The number of furan rings is 1. The number of hydrogen-bond donors (Lipinski definition) is 1. The van der Waals surface area contributed by atoms with Crippen molar-refractivity contribution in [3.63, 3.8) is 0 Å². The number of amides is 1. The van der Waals surface area contributed by atoms with E-state index in [9.17, 15) is 4.79 Å². The molecule has 1 saturated heterocycles. The second kappa shape index (κ2) is 6.22. The molecule has 1 N–H and O–H groups in total. The molecular formula is C17H21N3O2. The molecule has 1 aliphatic heterocycles. The smallest absolute Gasteiger partial charge is 0.255 e. The van der Waals surface area contributed by atoms with E-state index >= 15 is 0 Å². The maximum atomic E-state index is 12.6. The van der Waals surface area contributed by atoms with Crippen LogP contribution in [0.5, 0.6) is 0 Å². The molecule has 0 saturated carbocycles. The van der Waals surface area contributed by atoms with Crippen molar-refractivity contribution in [1.29, 1.82) is 0 Å². The van der Waals surface area contributed by atoms with Gasteiger partial charge in [0.05, 0.1) is 11.6 Å². The SMILES string of the molecule is Cc1ccc(C(C)NC(=O)c2cccnc2N2CCCC2)o1. The monoisotopic (exact) mass is 299 g/mol. The number of aromatic nitrogens is 1. The predicted molar refractivity (Wildman–Crippen MR) is 85.0 cm³/mol. The van der Waals surface area contributed by atoms with Gasteiger partial charge in [0, 0.05) is 19.3 Å². The van der Waals surface area contributed by atoms with Gasteiger partial charge in [-0.05, 0) is 51.0 Å². The first-order valence-corrected chi connectivity index (χ1v) is 7.72. The van der Waals surface area contributed by atoms with Crippen LogP contribution in [0.2, 0.25) is 0 Å². The van der Waals surface area contributed by atoms with Gasteiger partial charge in [0.2, 0.25) is 0 Å². The summed E-state index contributed by atoms with van der Waals surface area (Å²) in [4.78, 5) is 19.2. The number of nitrogens with one attached hydrogen (secondary N) is 1. The van der Waals surface area contributed by atoms with Crippen LogP contribution in [0, 0.1) is 6.92 Å². The topological polar surface area (TPSA) is 58.4 Å². The zero-order chi connectivity index (χ0) is 15.5. The van der Waals surface area contributed by atoms with Gasteiger partial charge in [-0.3, -0.25) is 4.79 Å². The molecule has 0 radical (unpaired) electrons. The molecule has 5 heteroatoms. The van der Waals surface area contributed by atoms with Crippen LogP contribution in [0.4, 0.5) is 5.82 Å². The van der Waals surface area contributed by atoms with Crippen molar-refractivity contribution in [3.8, 4) is 0 Å². The summed E-state index contributed by atoms with van der Waals surface area (Å²) in [7, 11) is 0. The first kappa shape index (κ1) is 14.6. The normalized spacial score (nSPS) is 15.8. The fraction of sp³-hybridized carbons (Fsp3) is 0.412. The fourth-order valence-electron chi connectivity index (χ4n) is 2.79. The van der Waals surface area contributed by atoms with Gasteiger partial charge in [-0.1, -0.05) is 0 Å². The summed E-state index contributed by atoms with van der Waals surface area (Å²) in [6.45, 7) is 5.74. The predicted octanol–water partition coefficient (Wildman–Crippen LogP) is 3.07. The maximum Gasteiger partial charge on any atom is 0.255 e. The van der Waals surface area contributed by atoms with Crippen LogP contribution in [-0.2, 0) is 0 Å². The fourth-order valence-corrected chi connectivity index (χ4v) is 2.79. The number of nitrogens with zero attached hydrogens (tertiary/aromatic N) is 2. The van der Waals surface area contributed by atoms with E-state index in [2.05, 4.69) is 15.2 Å². The highest BCUT2D eigenvalue weighted by atomic mass is 16.3. The molecule has 1 unspecified atom stereocenters. The third kappa shape index (κ3) is 2.98. The molecule has 1 atom stereocenters. The molecule has 3 heterocycles. The molecule has 0 bridgehead atoms. The van der Waals surface area contributed by atoms with Crippen LogP contribution in [0.1, 0.15) is 47.7 Å². The van der Waals surface area contributed by atoms with Gasteiger partial charge in [0.15, 0.2) is 0 Å². The van der Waals surface area contributed by atoms with Crippen LogP contribution in [-0.4, -0.2) is 24.0 Å². The van der Waals surface area contributed by atoms with E-state index in [1.807, 2.05) is 32.0 Å². The molecule has 1 amide bonds. The summed E-state index contributed by atoms with van der Waals surface area (Å²) in [6.07, 6.45) is 4.04. The highest BCUT2D eigenvalue weighted by Gasteiger charge is 2.22. The van der Waals surface area contributed by atoms with E-state index in [0.717, 1.165) is 43.3 Å². The lowest BCUT2D eigenvalue weighted by Crippen LogP contribution is -2.29. The first-order chi connectivity index (χ1) is 10.6. The number of aryl methyl sites for hydroxylation is 1. The number of carbonyl (C=O) groups excluding carboxylic acids is 1. The van der Waals surface area contributed by atoms with Crippen molar-refractivity contribution < 1.29 is 9.21 Å². The number of anilines is 1. The lowest BCUT2D eigenvalue weighted by molar-refractivity contribution is 0.0935. The molecule has 2 aromatic heterocycles. The molecule has 1 aliphatic rings. The number of pyridine rings is 1. The molecule has 0 spiro atoms. The van der Waals surface area contributed by atoms with E-state index in [-0.39, 0.29) is 11.9 Å². The molecule has 5 nitrogen and oxygen atoms in total. The highest BCUT2D eigenvalue weighted by molar-refractivity contribution is 5.99. The third-order valence-corrected chi connectivity index (χ3v) is 3.97. The van der Waals surface area contributed by atoms with Crippen LogP contribution < -0.4 is 10.2 Å². The standard InChI is InChI=1S/C17H21N3O2/c1-12-7-8-15(22-12)13(2)19-17(21)14-6-5-9-18-16(14)20-10-3-4-11-20/h5-9,13H,3-4,10-11H2,1-2H3,(H,19,21). The minimum Gasteiger partial charge on any atom is -0.464 e. The van der Waals surface area contributed by atoms with Gasteiger partial charge in [-0.25, -0.2) is 4.98 Å². The Morgan fingerprint density at radius 1 is 1.32 bits per heavy atom. The molecular weight excluding hydrogens is 278 g/mol. The van der Waals surface area contributed by atoms with Crippen LogP contribution in [0.25, 0.3) is 0 Å². The van der Waals surface area contributed by atoms with Crippen molar-refractivity contribution >= 4 is 11.7 Å². The zero-order valence-electron chi connectivity index (χ0n) is 13.0. The van der Waals surface area contributed by atoms with Crippen LogP contribution in [0.15, 0.2) is 34.9 Å². The van der Waals surface area contributed by atoms with E-state index < -0.39 is 0 Å². The third-order valence-electron chi connectivity index (χ3n) is 3.97. The van der Waals surface area contributed by atoms with Crippen molar-refractivity contribution in [2.45, 2.75) is 32.7 Å². The summed E-state index contributed by atoms with van der Waals surface area (Å²) < 4.78 is 5.57. The summed E-state index contributed by atoms with van der Waals surface area (Å²) >= 11 is 0. The second-order valence-electron chi connectivity index (χ2n) is 5.71. The molecule has 116 valence electrons. The van der Waals surface area contributed by atoms with Crippen LogP contribution >= 0.6 is 0 Å². The Labute approximate surface area is 130 Å². The summed E-state index contributed by atoms with van der Waals surface area (Å²) in [5.74, 6) is 2.27. The summed E-state index contributed by atoms with van der Waals surface area (Å²) in [5.41, 5.74) is 0.625. The van der Waals surface area contributed by atoms with Gasteiger partial charge in [-0.15, -0.1) is 0 Å².